The maximum atomic E-state index is 11.9. The molecule has 118 valence electrons. The Kier molecular flexibility index (Phi) is 6.33. The van der Waals surface area contributed by atoms with Crippen molar-refractivity contribution >= 4 is 31.9 Å². The van der Waals surface area contributed by atoms with Crippen LogP contribution in [0.5, 0.6) is 0 Å². The second-order valence-electron chi connectivity index (χ2n) is 4.71. The number of benzene rings is 1. The average molecular weight is 380 g/mol. The highest BCUT2D eigenvalue weighted by Gasteiger charge is 2.19. The van der Waals surface area contributed by atoms with E-state index in [1.165, 1.54) is 12.1 Å². The number of sulfonamides is 1. The van der Waals surface area contributed by atoms with Crippen molar-refractivity contribution in [3.05, 3.63) is 27.7 Å². The Bertz CT molecular complexity index is 628. The van der Waals surface area contributed by atoms with Gasteiger partial charge < -0.3 is 9.47 Å². The third kappa shape index (κ3) is 5.39. The van der Waals surface area contributed by atoms with Crippen LogP contribution in [0.25, 0.3) is 0 Å². The van der Waals surface area contributed by atoms with Gasteiger partial charge in [-0.1, -0.05) is 0 Å². The van der Waals surface area contributed by atoms with Crippen LogP contribution in [0.3, 0.4) is 0 Å². The van der Waals surface area contributed by atoms with E-state index in [0.717, 1.165) is 0 Å². The van der Waals surface area contributed by atoms with Crippen molar-refractivity contribution in [3.8, 4) is 0 Å². The second-order valence-corrected chi connectivity index (χ2v) is 7.03. The normalized spacial score (nSPS) is 11.7. The summed E-state index contributed by atoms with van der Waals surface area (Å²) in [7, 11) is -3.93. The summed E-state index contributed by atoms with van der Waals surface area (Å²) in [5, 5.41) is 5.12. The smallest absolute Gasteiger partial charge is 0.338 e. The van der Waals surface area contributed by atoms with Crippen LogP contribution in [-0.4, -0.2) is 33.7 Å². The number of nitrogens with two attached hydrogens (primary N) is 1. The Balaban J connectivity index is 2.89. The van der Waals surface area contributed by atoms with Crippen molar-refractivity contribution in [1.82, 2.24) is 0 Å². The fourth-order valence-corrected chi connectivity index (χ4v) is 3.17. The van der Waals surface area contributed by atoms with Crippen molar-refractivity contribution in [1.29, 1.82) is 0 Å². The minimum Gasteiger partial charge on any atom is -0.460 e. The van der Waals surface area contributed by atoms with E-state index >= 15 is 0 Å². The van der Waals surface area contributed by atoms with Crippen LogP contribution in [0.2, 0.25) is 0 Å². The Hall–Kier alpha value is -0.960. The van der Waals surface area contributed by atoms with Crippen LogP contribution in [-0.2, 0) is 19.5 Å². The van der Waals surface area contributed by atoms with E-state index in [-0.39, 0.29) is 29.8 Å². The molecule has 0 radical (unpaired) electrons. The summed E-state index contributed by atoms with van der Waals surface area (Å²) in [6.07, 6.45) is 0.0487. The largest absolute Gasteiger partial charge is 0.460 e. The third-order valence-corrected chi connectivity index (χ3v) is 4.78. The number of primary sulfonamides is 1. The first-order chi connectivity index (χ1) is 9.62. The van der Waals surface area contributed by atoms with Gasteiger partial charge in [-0.25, -0.2) is 18.4 Å². The summed E-state index contributed by atoms with van der Waals surface area (Å²) < 4.78 is 33.6. The molecule has 0 atom stereocenters. The number of esters is 1. The molecule has 0 spiro atoms. The molecule has 6 nitrogen and oxygen atoms in total. The molecule has 21 heavy (non-hydrogen) atoms. The number of carbonyl (C=O) groups is 1. The number of hydrogen-bond donors (Lipinski definition) is 1. The van der Waals surface area contributed by atoms with Crippen LogP contribution in [0.1, 0.15) is 29.8 Å². The molecule has 0 amide bonds. The minimum absolute atomic E-state index is 0.0487. The Morgan fingerprint density at radius 3 is 2.48 bits per heavy atom. The molecule has 0 aliphatic rings. The summed E-state index contributed by atoms with van der Waals surface area (Å²) in [6, 6.07) is 2.72. The molecule has 0 fully saturated rings. The maximum absolute atomic E-state index is 11.9. The van der Waals surface area contributed by atoms with E-state index in [1.807, 2.05) is 13.8 Å². The molecule has 0 unspecified atom stereocenters. The molecule has 0 saturated heterocycles. The van der Waals surface area contributed by atoms with Crippen LogP contribution < -0.4 is 5.14 Å². The lowest BCUT2D eigenvalue weighted by molar-refractivity contribution is 0.0176. The van der Waals surface area contributed by atoms with Crippen LogP contribution in [0, 0.1) is 6.92 Å². The van der Waals surface area contributed by atoms with Gasteiger partial charge in [0.15, 0.2) is 0 Å². The molecule has 0 bridgehead atoms. The van der Waals surface area contributed by atoms with Crippen LogP contribution in [0.15, 0.2) is 21.5 Å². The van der Waals surface area contributed by atoms with Gasteiger partial charge in [0.1, 0.15) is 6.61 Å². The number of rotatable bonds is 6. The fourth-order valence-electron chi connectivity index (χ4n) is 1.56. The van der Waals surface area contributed by atoms with E-state index in [1.54, 1.807) is 6.92 Å². The summed E-state index contributed by atoms with van der Waals surface area (Å²) in [4.78, 5) is 11.8. The number of hydrogen-bond acceptors (Lipinski definition) is 5. The number of carbonyl (C=O) groups excluding carboxylic acids is 1. The lowest BCUT2D eigenvalue weighted by Crippen LogP contribution is -2.16. The van der Waals surface area contributed by atoms with Gasteiger partial charge in [0, 0.05) is 4.47 Å². The van der Waals surface area contributed by atoms with Crippen LogP contribution in [0.4, 0.5) is 0 Å². The van der Waals surface area contributed by atoms with E-state index in [4.69, 9.17) is 14.6 Å². The zero-order valence-corrected chi connectivity index (χ0v) is 14.5. The van der Waals surface area contributed by atoms with Gasteiger partial charge in [0.25, 0.3) is 0 Å². The molecule has 1 aromatic rings. The molecule has 1 rings (SSSR count). The predicted octanol–water partition coefficient (Wildman–Crippen LogP) is 1.99. The first-order valence-electron chi connectivity index (χ1n) is 6.24. The average Bonchev–Trinajstić information content (AvgIpc) is 2.35. The van der Waals surface area contributed by atoms with E-state index in [9.17, 15) is 13.2 Å². The Labute approximate surface area is 132 Å². The van der Waals surface area contributed by atoms with Gasteiger partial charge in [-0.3, -0.25) is 0 Å². The highest BCUT2D eigenvalue weighted by atomic mass is 79.9. The van der Waals surface area contributed by atoms with Crippen molar-refractivity contribution < 1.29 is 22.7 Å². The minimum atomic E-state index is -3.93. The zero-order chi connectivity index (χ0) is 16.2. The second kappa shape index (κ2) is 7.35. The standard InChI is InChI=1S/C13H18BrNO5S/c1-8(2)19-4-5-20-13(16)10-6-9(3)12(14)11(7-10)21(15,17)18/h6-8H,4-5H2,1-3H3,(H2,15,17,18). The molecule has 0 aliphatic carbocycles. The van der Waals surface area contributed by atoms with Crippen LogP contribution >= 0.6 is 15.9 Å². The van der Waals surface area contributed by atoms with Gasteiger partial charge in [-0.15, -0.1) is 0 Å². The van der Waals surface area contributed by atoms with E-state index < -0.39 is 16.0 Å². The summed E-state index contributed by atoms with van der Waals surface area (Å²) in [5.74, 6) is -0.622. The van der Waals surface area contributed by atoms with Gasteiger partial charge in [-0.2, -0.15) is 0 Å². The molecule has 0 aromatic heterocycles. The molecule has 2 N–H and O–H groups in total. The third-order valence-electron chi connectivity index (χ3n) is 2.53. The van der Waals surface area contributed by atoms with E-state index in [0.29, 0.717) is 10.0 Å². The number of ether oxygens (including phenoxy) is 2. The number of aryl methyl sites for hydroxylation is 1. The summed E-state index contributed by atoms with van der Waals surface area (Å²) >= 11 is 3.15. The first-order valence-corrected chi connectivity index (χ1v) is 8.58. The maximum Gasteiger partial charge on any atom is 0.338 e. The van der Waals surface area contributed by atoms with Crippen molar-refractivity contribution in [2.24, 2.45) is 5.14 Å². The highest BCUT2D eigenvalue weighted by molar-refractivity contribution is 9.10. The van der Waals surface area contributed by atoms with Gasteiger partial charge in [-0.05, 0) is 54.4 Å². The van der Waals surface area contributed by atoms with Crippen molar-refractivity contribution in [2.75, 3.05) is 13.2 Å². The topological polar surface area (TPSA) is 95.7 Å². The van der Waals surface area contributed by atoms with Gasteiger partial charge in [0.2, 0.25) is 10.0 Å². The lowest BCUT2D eigenvalue weighted by atomic mass is 10.1. The fraction of sp³-hybridized carbons (Fsp3) is 0.462. The lowest BCUT2D eigenvalue weighted by Gasteiger charge is -2.11. The van der Waals surface area contributed by atoms with Crippen molar-refractivity contribution in [2.45, 2.75) is 31.8 Å². The quantitative estimate of drug-likeness (QED) is 0.602. The Morgan fingerprint density at radius 1 is 1.33 bits per heavy atom. The molecular formula is C13H18BrNO5S. The van der Waals surface area contributed by atoms with Gasteiger partial charge in [0.05, 0.1) is 23.2 Å². The van der Waals surface area contributed by atoms with Gasteiger partial charge >= 0.3 is 5.97 Å². The monoisotopic (exact) mass is 379 g/mol. The Morgan fingerprint density at radius 2 is 1.95 bits per heavy atom. The SMILES string of the molecule is Cc1cc(C(=O)OCCOC(C)C)cc(S(N)(=O)=O)c1Br. The number of halogens is 1. The highest BCUT2D eigenvalue weighted by Crippen LogP contribution is 2.26. The molecule has 8 heteroatoms. The van der Waals surface area contributed by atoms with E-state index in [2.05, 4.69) is 15.9 Å². The predicted molar refractivity (Wildman–Crippen MR) is 81.6 cm³/mol. The molecule has 1 aromatic carbocycles. The summed E-state index contributed by atoms with van der Waals surface area (Å²) in [5.41, 5.74) is 0.705. The van der Waals surface area contributed by atoms with Crippen molar-refractivity contribution in [3.63, 3.8) is 0 Å². The molecule has 0 saturated carbocycles. The zero-order valence-electron chi connectivity index (χ0n) is 12.1. The summed E-state index contributed by atoms with van der Waals surface area (Å²) in [6.45, 7) is 5.78. The molecular weight excluding hydrogens is 362 g/mol. The molecule has 0 heterocycles. The first kappa shape index (κ1) is 18.1. The molecule has 0 aliphatic heterocycles.